The van der Waals surface area contributed by atoms with Crippen LogP contribution < -0.4 is 16.6 Å². The lowest BCUT2D eigenvalue weighted by atomic mass is 10.1. The van der Waals surface area contributed by atoms with E-state index >= 15 is 0 Å². The zero-order valence-corrected chi connectivity index (χ0v) is 8.82. The Morgan fingerprint density at radius 3 is 1.62 bits per heavy atom. The third-order valence-corrected chi connectivity index (χ3v) is 2.84. The van der Waals surface area contributed by atoms with Crippen LogP contribution in [-0.2, 0) is 10.0 Å². The standard InChI is InChI=1S/C8H9N3O4S/c9-7(12)4-2-1-3-5(8(10)13)6(4)16(11,14)15/h1-3H,(H2,9,12)(H2,10,13)(H2,11,14,15). The Kier molecular flexibility index (Phi) is 2.97. The van der Waals surface area contributed by atoms with Gasteiger partial charge in [-0.3, -0.25) is 9.59 Å². The molecule has 0 atom stereocenters. The van der Waals surface area contributed by atoms with Crippen LogP contribution in [0.25, 0.3) is 0 Å². The maximum Gasteiger partial charge on any atom is 0.250 e. The van der Waals surface area contributed by atoms with Crippen LogP contribution in [0.5, 0.6) is 0 Å². The lowest BCUT2D eigenvalue weighted by Gasteiger charge is -2.08. The van der Waals surface area contributed by atoms with Gasteiger partial charge in [0.2, 0.25) is 21.8 Å². The van der Waals surface area contributed by atoms with Crippen molar-refractivity contribution < 1.29 is 18.0 Å². The van der Waals surface area contributed by atoms with Crippen LogP contribution in [0.15, 0.2) is 23.1 Å². The molecule has 1 aromatic carbocycles. The zero-order valence-electron chi connectivity index (χ0n) is 8.01. The second-order valence-electron chi connectivity index (χ2n) is 2.96. The van der Waals surface area contributed by atoms with Crippen molar-refractivity contribution in [2.45, 2.75) is 4.90 Å². The Bertz CT molecular complexity index is 532. The molecule has 0 fully saturated rings. The molecule has 0 saturated heterocycles. The summed E-state index contributed by atoms with van der Waals surface area (Å²) >= 11 is 0. The maximum atomic E-state index is 11.2. The van der Waals surface area contributed by atoms with Gasteiger partial charge in [0.05, 0.1) is 11.1 Å². The molecule has 0 aliphatic heterocycles. The normalized spacial score (nSPS) is 11.1. The van der Waals surface area contributed by atoms with Crippen LogP contribution in [0, 0.1) is 0 Å². The molecule has 0 aliphatic rings. The Hall–Kier alpha value is -1.93. The highest BCUT2D eigenvalue weighted by Crippen LogP contribution is 2.18. The van der Waals surface area contributed by atoms with Crippen LogP contribution in [0.3, 0.4) is 0 Å². The topological polar surface area (TPSA) is 146 Å². The summed E-state index contributed by atoms with van der Waals surface area (Å²) in [4.78, 5) is 21.3. The van der Waals surface area contributed by atoms with E-state index in [1.165, 1.54) is 6.07 Å². The highest BCUT2D eigenvalue weighted by molar-refractivity contribution is 7.89. The maximum absolute atomic E-state index is 11.2. The quantitative estimate of drug-likeness (QED) is 0.594. The van der Waals surface area contributed by atoms with E-state index in [-0.39, 0.29) is 11.1 Å². The first-order valence-corrected chi connectivity index (χ1v) is 5.55. The van der Waals surface area contributed by atoms with Crippen LogP contribution >= 0.6 is 0 Å². The van der Waals surface area contributed by atoms with E-state index in [9.17, 15) is 18.0 Å². The van der Waals surface area contributed by atoms with Gasteiger partial charge in [0, 0.05) is 0 Å². The highest BCUT2D eigenvalue weighted by atomic mass is 32.2. The van der Waals surface area contributed by atoms with Crippen molar-refractivity contribution >= 4 is 21.8 Å². The van der Waals surface area contributed by atoms with E-state index in [1.807, 2.05) is 0 Å². The van der Waals surface area contributed by atoms with Gasteiger partial charge in [-0.2, -0.15) is 0 Å². The lowest BCUT2D eigenvalue weighted by molar-refractivity contribution is 0.0995. The first-order valence-electron chi connectivity index (χ1n) is 4.00. The summed E-state index contributed by atoms with van der Waals surface area (Å²) in [6.45, 7) is 0. The zero-order chi connectivity index (χ0) is 12.5. The Balaban J connectivity index is 3.75. The van der Waals surface area contributed by atoms with Gasteiger partial charge in [-0.15, -0.1) is 0 Å². The molecule has 8 heteroatoms. The SMILES string of the molecule is NC(=O)c1cccc(C(N)=O)c1S(N)(=O)=O. The summed E-state index contributed by atoms with van der Waals surface area (Å²) in [6, 6.07) is 3.58. The van der Waals surface area contributed by atoms with Gasteiger partial charge >= 0.3 is 0 Å². The number of rotatable bonds is 3. The summed E-state index contributed by atoms with van der Waals surface area (Å²) in [7, 11) is -4.26. The minimum atomic E-state index is -4.26. The van der Waals surface area contributed by atoms with Crippen LogP contribution in [0.4, 0.5) is 0 Å². The first-order chi connectivity index (χ1) is 7.25. The number of nitrogens with two attached hydrogens (primary N) is 3. The molecule has 0 aliphatic carbocycles. The van der Waals surface area contributed by atoms with E-state index in [0.717, 1.165) is 12.1 Å². The van der Waals surface area contributed by atoms with E-state index in [0.29, 0.717) is 0 Å². The molecule has 6 N–H and O–H groups in total. The van der Waals surface area contributed by atoms with Gasteiger partial charge in [-0.1, -0.05) is 6.07 Å². The Morgan fingerprint density at radius 2 is 1.38 bits per heavy atom. The van der Waals surface area contributed by atoms with Gasteiger partial charge in [-0.25, -0.2) is 13.6 Å². The van der Waals surface area contributed by atoms with Crippen molar-refractivity contribution in [2.24, 2.45) is 16.6 Å². The van der Waals surface area contributed by atoms with Crippen molar-refractivity contribution in [3.05, 3.63) is 29.3 Å². The van der Waals surface area contributed by atoms with Gasteiger partial charge in [0.15, 0.2) is 0 Å². The number of sulfonamides is 1. The van der Waals surface area contributed by atoms with E-state index in [2.05, 4.69) is 0 Å². The fraction of sp³-hybridized carbons (Fsp3) is 0. The monoisotopic (exact) mass is 243 g/mol. The number of primary sulfonamides is 1. The number of primary amides is 2. The third kappa shape index (κ3) is 2.18. The number of hydrogen-bond donors (Lipinski definition) is 3. The molecule has 86 valence electrons. The van der Waals surface area contributed by atoms with Gasteiger partial charge < -0.3 is 11.5 Å². The molecule has 2 amide bonds. The van der Waals surface area contributed by atoms with E-state index < -0.39 is 26.7 Å². The summed E-state index contributed by atoms with van der Waals surface area (Å²) in [5.74, 6) is -2.01. The fourth-order valence-electron chi connectivity index (χ4n) is 1.23. The Labute approximate surface area is 91.3 Å². The summed E-state index contributed by atoms with van der Waals surface area (Å²) in [6.07, 6.45) is 0. The molecule has 0 saturated carbocycles. The molecule has 0 aromatic heterocycles. The second kappa shape index (κ2) is 3.91. The molecule has 0 spiro atoms. The minimum Gasteiger partial charge on any atom is -0.366 e. The number of benzene rings is 1. The smallest absolute Gasteiger partial charge is 0.250 e. The highest BCUT2D eigenvalue weighted by Gasteiger charge is 2.24. The molecule has 16 heavy (non-hydrogen) atoms. The van der Waals surface area contributed by atoms with Crippen LogP contribution in [0.1, 0.15) is 20.7 Å². The number of hydrogen-bond acceptors (Lipinski definition) is 4. The minimum absolute atomic E-state index is 0.362. The average molecular weight is 243 g/mol. The number of carbonyl (C=O) groups is 2. The summed E-state index contributed by atoms with van der Waals surface area (Å²) in [5.41, 5.74) is 9.21. The predicted molar refractivity (Wildman–Crippen MR) is 54.9 cm³/mol. The van der Waals surface area contributed by atoms with Crippen LogP contribution in [-0.4, -0.2) is 20.2 Å². The molecule has 0 heterocycles. The van der Waals surface area contributed by atoms with Crippen molar-refractivity contribution in [3.63, 3.8) is 0 Å². The van der Waals surface area contributed by atoms with Crippen molar-refractivity contribution in [1.29, 1.82) is 0 Å². The third-order valence-electron chi connectivity index (χ3n) is 1.83. The number of carbonyl (C=O) groups excluding carboxylic acids is 2. The summed E-state index contributed by atoms with van der Waals surface area (Å²) in [5, 5.41) is 4.89. The summed E-state index contributed by atoms with van der Waals surface area (Å²) < 4.78 is 22.5. The van der Waals surface area contributed by atoms with Gasteiger partial charge in [-0.05, 0) is 12.1 Å². The van der Waals surface area contributed by atoms with Crippen LogP contribution in [0.2, 0.25) is 0 Å². The van der Waals surface area contributed by atoms with Gasteiger partial charge in [0.1, 0.15) is 4.90 Å². The first kappa shape index (κ1) is 12.1. The fourth-order valence-corrected chi connectivity index (χ4v) is 2.18. The van der Waals surface area contributed by atoms with E-state index in [1.54, 1.807) is 0 Å². The lowest BCUT2D eigenvalue weighted by Crippen LogP contribution is -2.25. The molecule has 0 bridgehead atoms. The molecule has 0 radical (unpaired) electrons. The molecular weight excluding hydrogens is 234 g/mol. The van der Waals surface area contributed by atoms with E-state index in [4.69, 9.17) is 16.6 Å². The van der Waals surface area contributed by atoms with Crippen molar-refractivity contribution in [3.8, 4) is 0 Å². The van der Waals surface area contributed by atoms with Crippen molar-refractivity contribution in [1.82, 2.24) is 0 Å². The molecule has 7 nitrogen and oxygen atoms in total. The van der Waals surface area contributed by atoms with Crippen molar-refractivity contribution in [2.75, 3.05) is 0 Å². The number of amides is 2. The molecule has 1 aromatic rings. The molecular formula is C8H9N3O4S. The predicted octanol–water partition coefficient (Wildman–Crippen LogP) is -1.47. The largest absolute Gasteiger partial charge is 0.366 e. The average Bonchev–Trinajstić information content (AvgIpc) is 2.15. The molecule has 1 rings (SSSR count). The van der Waals surface area contributed by atoms with Gasteiger partial charge in [0.25, 0.3) is 0 Å². The molecule has 0 unspecified atom stereocenters. The Morgan fingerprint density at radius 1 is 1.00 bits per heavy atom. The second-order valence-corrected chi connectivity index (χ2v) is 4.45.